The molecule has 0 saturated carbocycles. The Balaban J connectivity index is 0.000000422. The average Bonchev–Trinajstić information content (AvgIpc) is 3.05. The van der Waals surface area contributed by atoms with E-state index in [4.69, 9.17) is 10.2 Å². The summed E-state index contributed by atoms with van der Waals surface area (Å²) in [7, 11) is 0. The molecular weight excluding hydrogens is 635 g/mol. The molecule has 2 atom stereocenters. The first-order valence-electron chi connectivity index (χ1n) is 12.8. The van der Waals surface area contributed by atoms with Crippen LogP contribution in [-0.2, 0) is 30.9 Å². The second-order valence-corrected chi connectivity index (χ2v) is 11.6. The summed E-state index contributed by atoms with van der Waals surface area (Å²) in [4.78, 5) is 4.66. The normalized spacial score (nSPS) is 15.1. The Morgan fingerprint density at radius 3 is 2.22 bits per heavy atom. The molecule has 197 valence electrons. The number of nitrogens with zero attached hydrogens (tertiary/aromatic N) is 1. The van der Waals surface area contributed by atoms with Gasteiger partial charge in [-0.3, -0.25) is 0 Å². The zero-order valence-corrected chi connectivity index (χ0v) is 25.3. The molecule has 0 spiro atoms. The van der Waals surface area contributed by atoms with Crippen LogP contribution in [0, 0.1) is 6.07 Å². The molecule has 0 fully saturated rings. The van der Waals surface area contributed by atoms with Crippen LogP contribution < -0.4 is 0 Å². The van der Waals surface area contributed by atoms with Crippen molar-refractivity contribution < 1.29 is 30.3 Å². The summed E-state index contributed by atoms with van der Waals surface area (Å²) in [6.45, 7) is 14.7. The van der Waals surface area contributed by atoms with Crippen molar-refractivity contribution in [3.8, 4) is 22.4 Å². The molecule has 1 aromatic heterocycles. The summed E-state index contributed by atoms with van der Waals surface area (Å²) in [5, 5.41) is 19.8. The first-order valence-corrected chi connectivity index (χ1v) is 12.8. The maximum absolute atomic E-state index is 8.56. The third-order valence-electron chi connectivity index (χ3n) is 7.05. The van der Waals surface area contributed by atoms with E-state index >= 15 is 0 Å². The largest absolute Gasteiger partial charge is 0.393 e. The molecule has 5 rings (SSSR count). The molecule has 1 radical (unpaired) electrons. The molecule has 2 unspecified atom stereocenters. The van der Waals surface area contributed by atoms with E-state index in [2.05, 4.69) is 106 Å². The quantitative estimate of drug-likeness (QED) is 0.223. The van der Waals surface area contributed by atoms with E-state index in [1.54, 1.807) is 13.8 Å². The minimum absolute atomic E-state index is 0. The fraction of sp³-hybridized carbons (Fsp3) is 0.364. The van der Waals surface area contributed by atoms with Crippen LogP contribution >= 0.6 is 0 Å². The van der Waals surface area contributed by atoms with Crippen molar-refractivity contribution in [3.05, 3.63) is 89.6 Å². The number of pyridine rings is 1. The van der Waals surface area contributed by atoms with Gasteiger partial charge >= 0.3 is 0 Å². The third-order valence-corrected chi connectivity index (χ3v) is 7.05. The second kappa shape index (κ2) is 11.2. The third kappa shape index (κ3) is 6.04. The summed E-state index contributed by atoms with van der Waals surface area (Å²) in [6.07, 6.45) is 1.64. The summed E-state index contributed by atoms with van der Waals surface area (Å²) < 4.78 is 0. The predicted molar refractivity (Wildman–Crippen MR) is 150 cm³/mol. The van der Waals surface area contributed by atoms with Crippen molar-refractivity contribution in [1.29, 1.82) is 0 Å². The molecule has 3 aromatic carbocycles. The molecule has 4 heteroatoms. The zero-order chi connectivity index (χ0) is 26.3. The van der Waals surface area contributed by atoms with Gasteiger partial charge in [-0.15, -0.1) is 29.3 Å². The molecule has 0 aliphatic heterocycles. The van der Waals surface area contributed by atoms with Crippen molar-refractivity contribution in [2.75, 3.05) is 0 Å². The zero-order valence-electron chi connectivity index (χ0n) is 22.9. The summed E-state index contributed by atoms with van der Waals surface area (Å²) >= 11 is 0. The van der Waals surface area contributed by atoms with Gasteiger partial charge in [0.1, 0.15) is 0 Å². The van der Waals surface area contributed by atoms with Crippen LogP contribution in [-0.4, -0.2) is 27.4 Å². The molecule has 1 aliphatic rings. The Hall–Kier alpha value is -2.36. The van der Waals surface area contributed by atoms with Gasteiger partial charge in [0.15, 0.2) is 0 Å². The fourth-order valence-electron chi connectivity index (χ4n) is 5.22. The van der Waals surface area contributed by atoms with Crippen LogP contribution in [0.2, 0.25) is 0 Å². The van der Waals surface area contributed by atoms with E-state index in [1.165, 1.54) is 38.6 Å². The number of hydrogen-bond acceptors (Lipinski definition) is 3. The van der Waals surface area contributed by atoms with Crippen LogP contribution in [0.25, 0.3) is 33.2 Å². The van der Waals surface area contributed by atoms with E-state index in [9.17, 15) is 0 Å². The topological polar surface area (TPSA) is 53.4 Å². The molecule has 0 amide bonds. The Kier molecular flexibility index (Phi) is 8.82. The van der Waals surface area contributed by atoms with E-state index < -0.39 is 0 Å². The summed E-state index contributed by atoms with van der Waals surface area (Å²) in [5.74, 6) is 0. The van der Waals surface area contributed by atoms with Gasteiger partial charge < -0.3 is 15.2 Å². The predicted octanol–water partition coefficient (Wildman–Crippen LogP) is 7.44. The van der Waals surface area contributed by atoms with Gasteiger partial charge in [0.05, 0.1) is 12.2 Å². The Morgan fingerprint density at radius 1 is 0.919 bits per heavy atom. The number of aliphatic hydroxyl groups is 2. The molecule has 2 N–H and O–H groups in total. The number of aliphatic hydroxyl groups excluding tert-OH is 2. The van der Waals surface area contributed by atoms with Gasteiger partial charge in [-0.05, 0) is 64.8 Å². The van der Waals surface area contributed by atoms with Crippen LogP contribution in [0.3, 0.4) is 0 Å². The van der Waals surface area contributed by atoms with Crippen LogP contribution in [0.4, 0.5) is 0 Å². The van der Waals surface area contributed by atoms with Crippen LogP contribution in [0.1, 0.15) is 71.6 Å². The van der Waals surface area contributed by atoms with Crippen molar-refractivity contribution >= 4 is 10.8 Å². The molecule has 3 nitrogen and oxygen atoms in total. The Bertz CT molecular complexity index is 1380. The molecule has 1 heterocycles. The van der Waals surface area contributed by atoms with Gasteiger partial charge in [-0.25, -0.2) is 0 Å². The maximum Gasteiger partial charge on any atom is 0.0536 e. The Morgan fingerprint density at radius 2 is 1.59 bits per heavy atom. The molecule has 0 bridgehead atoms. The second-order valence-electron chi connectivity index (χ2n) is 11.6. The SMILES string of the molecule is CC(C)(C)c1ccnc(-c2[c-]cc3c(c2)C(C)(C)c2c-3ccc3ccccc23)c1.CC(O)CC(C)O.[Ir]. The summed E-state index contributed by atoms with van der Waals surface area (Å²) in [5.41, 5.74) is 8.82. The smallest absolute Gasteiger partial charge is 0.0536 e. The van der Waals surface area contributed by atoms with Gasteiger partial charge in [-0.1, -0.05) is 88.2 Å². The van der Waals surface area contributed by atoms with Gasteiger partial charge in [0, 0.05) is 26.3 Å². The first-order chi connectivity index (χ1) is 16.9. The maximum atomic E-state index is 8.56. The standard InChI is InChI=1S/C28H26N.C5H12O2.Ir/c1-27(2,3)20-14-15-29-25(17-20)19-11-12-22-23-13-10-18-8-6-7-9-21(18)26(23)28(4,5)24(22)16-19;1-4(6)3-5(2)7;/h6-10,12-17H,1-5H3;4-7H,3H2,1-2H3;/q-1;;. The molecule has 1 aliphatic carbocycles. The van der Waals surface area contributed by atoms with Gasteiger partial charge in [-0.2, -0.15) is 0 Å². The van der Waals surface area contributed by atoms with Crippen molar-refractivity contribution in [1.82, 2.24) is 4.98 Å². The van der Waals surface area contributed by atoms with Gasteiger partial charge in [0.2, 0.25) is 0 Å². The number of benzene rings is 3. The number of fused-ring (bicyclic) bond motifs is 5. The molecule has 4 aromatic rings. The van der Waals surface area contributed by atoms with Crippen molar-refractivity contribution in [3.63, 3.8) is 0 Å². The fourth-order valence-corrected chi connectivity index (χ4v) is 5.22. The van der Waals surface area contributed by atoms with E-state index in [0.717, 1.165) is 11.3 Å². The number of aromatic nitrogens is 1. The van der Waals surface area contributed by atoms with Gasteiger partial charge in [0.25, 0.3) is 0 Å². The minimum Gasteiger partial charge on any atom is -0.393 e. The minimum atomic E-state index is -0.375. The van der Waals surface area contributed by atoms with E-state index in [0.29, 0.717) is 6.42 Å². The Labute approximate surface area is 235 Å². The molecule has 0 saturated heterocycles. The van der Waals surface area contributed by atoms with E-state index in [1.807, 2.05) is 6.20 Å². The van der Waals surface area contributed by atoms with Crippen molar-refractivity contribution in [2.24, 2.45) is 0 Å². The average molecular weight is 673 g/mol. The monoisotopic (exact) mass is 673 g/mol. The molecule has 37 heavy (non-hydrogen) atoms. The summed E-state index contributed by atoms with van der Waals surface area (Å²) in [6, 6.07) is 25.5. The van der Waals surface area contributed by atoms with Crippen molar-refractivity contribution in [2.45, 2.75) is 77.9 Å². The number of rotatable bonds is 3. The molecular formula is C33H38IrNO2-. The number of hydrogen-bond donors (Lipinski definition) is 2. The van der Waals surface area contributed by atoms with Crippen LogP contribution in [0.5, 0.6) is 0 Å². The van der Waals surface area contributed by atoms with E-state index in [-0.39, 0.29) is 43.1 Å². The first kappa shape index (κ1) is 29.2. The van der Waals surface area contributed by atoms with Crippen LogP contribution in [0.15, 0.2) is 66.9 Å².